The fourth-order valence-electron chi connectivity index (χ4n) is 1.89. The van der Waals surface area contributed by atoms with Crippen LogP contribution in [0, 0.1) is 6.92 Å². The molecule has 0 fully saturated rings. The van der Waals surface area contributed by atoms with E-state index in [-0.39, 0.29) is 17.7 Å². The van der Waals surface area contributed by atoms with Crippen LogP contribution in [-0.2, 0) is 6.54 Å². The van der Waals surface area contributed by atoms with E-state index in [1.807, 2.05) is 12.3 Å². The molecule has 0 aromatic carbocycles. The van der Waals surface area contributed by atoms with E-state index in [0.29, 0.717) is 19.6 Å². The van der Waals surface area contributed by atoms with Crippen LogP contribution in [0.2, 0.25) is 0 Å². The van der Waals surface area contributed by atoms with Crippen molar-refractivity contribution in [3.63, 3.8) is 0 Å². The molecule has 6 nitrogen and oxygen atoms in total. The second-order valence-electron chi connectivity index (χ2n) is 4.35. The zero-order chi connectivity index (χ0) is 15.1. The van der Waals surface area contributed by atoms with Crippen LogP contribution in [-0.4, -0.2) is 19.2 Å². The van der Waals surface area contributed by atoms with Gasteiger partial charge < -0.3 is 0 Å². The first-order valence-electron chi connectivity index (χ1n) is 5.85. The van der Waals surface area contributed by atoms with Gasteiger partial charge in [-0.25, -0.2) is 9.67 Å². The second kappa shape index (κ2) is 5.47. The number of fused-ring (bicyclic) bond motifs is 1. The first-order valence-corrected chi connectivity index (χ1v) is 8.32. The minimum absolute atomic E-state index is 0.146. The lowest BCUT2D eigenvalue weighted by molar-refractivity contribution is 0.621. The van der Waals surface area contributed by atoms with E-state index < -0.39 is 0 Å². The van der Waals surface area contributed by atoms with Crippen LogP contribution in [0.5, 0.6) is 0 Å². The van der Waals surface area contributed by atoms with Gasteiger partial charge in [-0.05, 0) is 38.8 Å². The van der Waals surface area contributed by atoms with Crippen LogP contribution < -0.4 is 11.1 Å². The Hall–Kier alpha value is -1.32. The smallest absolute Gasteiger partial charge is 0.269 e. The van der Waals surface area contributed by atoms with Gasteiger partial charge in [-0.1, -0.05) is 0 Å². The molecular weight excluding hydrogens is 424 g/mol. The summed E-state index contributed by atoms with van der Waals surface area (Å²) in [6, 6.07) is 1.43. The maximum Gasteiger partial charge on any atom is 0.282 e. The Balaban J connectivity index is 2.09. The maximum absolute atomic E-state index is 12.1. The average Bonchev–Trinajstić information content (AvgIpc) is 2.81. The molecule has 3 rings (SSSR count). The van der Waals surface area contributed by atoms with Gasteiger partial charge in [0.2, 0.25) is 0 Å². The van der Waals surface area contributed by atoms with Crippen molar-refractivity contribution in [2.45, 2.75) is 13.5 Å². The largest absolute Gasteiger partial charge is 0.282 e. The molecule has 108 valence electrons. The molecule has 0 bridgehead atoms. The van der Waals surface area contributed by atoms with Crippen molar-refractivity contribution in [1.82, 2.24) is 19.2 Å². The molecule has 0 amide bonds. The van der Waals surface area contributed by atoms with Crippen LogP contribution >= 0.6 is 43.2 Å². The molecule has 0 N–H and O–H groups in total. The predicted molar refractivity (Wildman–Crippen MR) is 87.1 cm³/mol. The molecule has 3 aromatic heterocycles. The maximum atomic E-state index is 12.1. The molecule has 9 heteroatoms. The first kappa shape index (κ1) is 14.6. The third-order valence-electron chi connectivity index (χ3n) is 2.88. The van der Waals surface area contributed by atoms with Crippen molar-refractivity contribution < 1.29 is 0 Å². The van der Waals surface area contributed by atoms with Crippen molar-refractivity contribution in [2.75, 3.05) is 0 Å². The van der Waals surface area contributed by atoms with Gasteiger partial charge in [0, 0.05) is 17.1 Å². The van der Waals surface area contributed by atoms with Crippen molar-refractivity contribution in [3.05, 3.63) is 58.7 Å². The number of halogens is 2. The molecule has 0 atom stereocenters. The fourth-order valence-corrected chi connectivity index (χ4v) is 3.35. The minimum Gasteiger partial charge on any atom is -0.269 e. The lowest BCUT2D eigenvalue weighted by Gasteiger charge is -2.05. The van der Waals surface area contributed by atoms with Crippen molar-refractivity contribution in [1.29, 1.82) is 0 Å². The predicted octanol–water partition coefficient (Wildman–Crippen LogP) is 2.19. The summed E-state index contributed by atoms with van der Waals surface area (Å²) in [6.07, 6.45) is 1.52. The van der Waals surface area contributed by atoms with E-state index in [1.165, 1.54) is 28.3 Å². The Bertz CT molecular complexity index is 960. The van der Waals surface area contributed by atoms with Gasteiger partial charge in [-0.2, -0.15) is 5.10 Å². The summed E-state index contributed by atoms with van der Waals surface area (Å²) >= 11 is 7.81. The second-order valence-corrected chi connectivity index (χ2v) is 6.83. The lowest BCUT2D eigenvalue weighted by atomic mass is 10.4. The van der Waals surface area contributed by atoms with Crippen LogP contribution in [0.1, 0.15) is 11.4 Å². The number of hydrogen-bond donors (Lipinski definition) is 0. The van der Waals surface area contributed by atoms with Gasteiger partial charge in [-0.15, -0.1) is 11.3 Å². The molecule has 0 aliphatic carbocycles. The summed E-state index contributed by atoms with van der Waals surface area (Å²) in [5.41, 5.74) is 0.915. The van der Waals surface area contributed by atoms with Gasteiger partial charge in [0.25, 0.3) is 11.1 Å². The van der Waals surface area contributed by atoms with Gasteiger partial charge in [0.05, 0.1) is 22.9 Å². The summed E-state index contributed by atoms with van der Waals surface area (Å²) in [7, 11) is 0. The van der Waals surface area contributed by atoms with Gasteiger partial charge in [0.15, 0.2) is 4.96 Å². The monoisotopic (exact) mass is 430 g/mol. The highest BCUT2D eigenvalue weighted by atomic mass is 79.9. The van der Waals surface area contributed by atoms with E-state index in [1.54, 1.807) is 4.40 Å². The van der Waals surface area contributed by atoms with Gasteiger partial charge in [0.1, 0.15) is 4.47 Å². The summed E-state index contributed by atoms with van der Waals surface area (Å²) in [5, 5.41) is 5.90. The Morgan fingerprint density at radius 1 is 1.33 bits per heavy atom. The number of nitrogens with zero attached hydrogens (tertiary/aromatic N) is 4. The average molecular weight is 432 g/mol. The zero-order valence-corrected chi connectivity index (χ0v) is 14.7. The quantitative estimate of drug-likeness (QED) is 0.623. The third kappa shape index (κ3) is 2.60. The number of hydrogen-bond acceptors (Lipinski definition) is 5. The molecule has 0 spiro atoms. The molecular formula is C12H8Br2N4O2S. The van der Waals surface area contributed by atoms with Crippen molar-refractivity contribution >= 4 is 48.2 Å². The van der Waals surface area contributed by atoms with Gasteiger partial charge >= 0.3 is 0 Å². The summed E-state index contributed by atoms with van der Waals surface area (Å²) in [6.45, 7) is 2.00. The Morgan fingerprint density at radius 2 is 2.10 bits per heavy atom. The lowest BCUT2D eigenvalue weighted by Crippen LogP contribution is -2.25. The zero-order valence-electron chi connectivity index (χ0n) is 10.7. The van der Waals surface area contributed by atoms with E-state index in [9.17, 15) is 9.59 Å². The van der Waals surface area contributed by atoms with Crippen LogP contribution in [0.4, 0.5) is 0 Å². The molecule has 21 heavy (non-hydrogen) atoms. The Kier molecular flexibility index (Phi) is 3.80. The van der Waals surface area contributed by atoms with Crippen LogP contribution in [0.15, 0.2) is 36.2 Å². The molecule has 0 saturated carbocycles. The topological polar surface area (TPSA) is 69.3 Å². The molecule has 0 aliphatic heterocycles. The highest BCUT2D eigenvalue weighted by Gasteiger charge is 2.10. The minimum atomic E-state index is -0.284. The summed E-state index contributed by atoms with van der Waals surface area (Å²) in [5.74, 6) is 0. The van der Waals surface area contributed by atoms with E-state index in [2.05, 4.69) is 41.9 Å². The first-order chi connectivity index (χ1) is 9.97. The van der Waals surface area contributed by atoms with Crippen LogP contribution in [0.25, 0.3) is 4.96 Å². The summed E-state index contributed by atoms with van der Waals surface area (Å²) < 4.78 is 3.78. The number of thiazole rings is 1. The number of rotatable bonds is 2. The van der Waals surface area contributed by atoms with E-state index >= 15 is 0 Å². The van der Waals surface area contributed by atoms with Gasteiger partial charge in [-0.3, -0.25) is 14.0 Å². The van der Waals surface area contributed by atoms with E-state index in [0.717, 1.165) is 5.69 Å². The molecule has 0 aliphatic rings. The molecule has 0 saturated heterocycles. The number of aryl methyl sites for hydroxylation is 1. The highest BCUT2D eigenvalue weighted by molar-refractivity contribution is 9.13. The molecule has 3 aromatic rings. The molecule has 0 unspecified atom stereocenters. The SMILES string of the molecule is Cc1csc2nc(Cn3ncc(Br)c(Br)c3=O)cc(=O)n12. The Morgan fingerprint density at radius 3 is 2.86 bits per heavy atom. The van der Waals surface area contributed by atoms with Crippen molar-refractivity contribution in [2.24, 2.45) is 0 Å². The highest BCUT2D eigenvalue weighted by Crippen LogP contribution is 2.17. The van der Waals surface area contributed by atoms with Crippen molar-refractivity contribution in [3.8, 4) is 0 Å². The molecule has 3 heterocycles. The Labute approximate surface area is 139 Å². The third-order valence-corrected chi connectivity index (χ3v) is 5.73. The summed E-state index contributed by atoms with van der Waals surface area (Å²) in [4.78, 5) is 29.2. The normalized spacial score (nSPS) is 11.2. The van der Waals surface area contributed by atoms with E-state index in [4.69, 9.17) is 0 Å². The standard InChI is InChI=1S/C12H8Br2N4O2S/c1-6-5-21-12-16-7(2-9(19)18(6)12)4-17-11(20)10(14)8(13)3-15-17/h2-3,5H,4H2,1H3. The molecule has 0 radical (unpaired) electrons. The van der Waals surface area contributed by atoms with Crippen LogP contribution in [0.3, 0.4) is 0 Å². The number of aromatic nitrogens is 4. The fraction of sp³-hybridized carbons (Fsp3) is 0.167.